The van der Waals surface area contributed by atoms with Crippen molar-refractivity contribution in [2.24, 2.45) is 0 Å². The van der Waals surface area contributed by atoms with Crippen molar-refractivity contribution in [3.63, 3.8) is 0 Å². The summed E-state index contributed by atoms with van der Waals surface area (Å²) in [6.07, 6.45) is 0.763. The van der Waals surface area contributed by atoms with Gasteiger partial charge in [0.2, 0.25) is 0 Å². The lowest BCUT2D eigenvalue weighted by Crippen LogP contribution is -2.37. The number of aromatic nitrogens is 1. The van der Waals surface area contributed by atoms with E-state index < -0.39 is 0 Å². The Kier molecular flexibility index (Phi) is 6.95. The molecule has 1 saturated heterocycles. The molecule has 3 aromatic rings. The van der Waals surface area contributed by atoms with Gasteiger partial charge < -0.3 is 14.3 Å². The van der Waals surface area contributed by atoms with E-state index in [4.69, 9.17) is 4.52 Å². The van der Waals surface area contributed by atoms with Crippen LogP contribution in [-0.2, 0) is 5.75 Å². The van der Waals surface area contributed by atoms with E-state index in [0.29, 0.717) is 43.1 Å². The molecule has 0 bridgehead atoms. The van der Waals surface area contributed by atoms with E-state index in [0.717, 1.165) is 28.3 Å². The monoisotopic (exact) mass is 449 g/mol. The van der Waals surface area contributed by atoms with Crippen LogP contribution in [0.25, 0.3) is 0 Å². The summed E-state index contributed by atoms with van der Waals surface area (Å²) in [6, 6.07) is 17.0. The molecule has 0 N–H and O–H groups in total. The molecular weight excluding hydrogens is 422 g/mol. The fraction of sp³-hybridized carbons (Fsp3) is 0.320. The second-order valence-electron chi connectivity index (χ2n) is 7.89. The molecule has 0 radical (unpaired) electrons. The molecule has 0 saturated carbocycles. The van der Waals surface area contributed by atoms with Gasteiger partial charge in [0.1, 0.15) is 5.76 Å². The van der Waals surface area contributed by atoms with Gasteiger partial charge >= 0.3 is 0 Å². The first-order valence-corrected chi connectivity index (χ1v) is 11.8. The molecule has 2 amide bonds. The number of thioether (sulfide) groups is 1. The smallest absolute Gasteiger partial charge is 0.255 e. The maximum Gasteiger partial charge on any atom is 0.255 e. The van der Waals surface area contributed by atoms with Crippen LogP contribution in [0, 0.1) is 13.8 Å². The third kappa shape index (κ3) is 4.88. The minimum absolute atomic E-state index is 0.0147. The fourth-order valence-electron chi connectivity index (χ4n) is 3.88. The summed E-state index contributed by atoms with van der Waals surface area (Å²) in [5.41, 5.74) is 3.34. The van der Waals surface area contributed by atoms with Crippen molar-refractivity contribution >= 4 is 23.6 Å². The Morgan fingerprint density at radius 3 is 2.25 bits per heavy atom. The summed E-state index contributed by atoms with van der Waals surface area (Å²) in [7, 11) is 0. The van der Waals surface area contributed by atoms with Crippen LogP contribution >= 0.6 is 11.8 Å². The number of amides is 2. The molecule has 4 rings (SSSR count). The Bertz CT molecular complexity index is 1080. The summed E-state index contributed by atoms with van der Waals surface area (Å²) < 4.78 is 5.26. The maximum atomic E-state index is 13.4. The predicted molar refractivity (Wildman–Crippen MR) is 125 cm³/mol. The SMILES string of the molecule is Cc1noc(C)c1CSc1ccccc1C(=O)N1CCCN(C(=O)c2ccccc2)CC1. The van der Waals surface area contributed by atoms with Gasteiger partial charge in [0, 0.05) is 48.0 Å². The lowest BCUT2D eigenvalue weighted by Gasteiger charge is -2.23. The van der Waals surface area contributed by atoms with E-state index in [1.807, 2.05) is 78.2 Å². The van der Waals surface area contributed by atoms with Gasteiger partial charge in [-0.1, -0.05) is 35.5 Å². The van der Waals surface area contributed by atoms with Gasteiger partial charge in [0.05, 0.1) is 11.3 Å². The Morgan fingerprint density at radius 1 is 0.906 bits per heavy atom. The van der Waals surface area contributed by atoms with E-state index in [-0.39, 0.29) is 11.8 Å². The van der Waals surface area contributed by atoms with Gasteiger partial charge in [0.15, 0.2) is 0 Å². The molecule has 1 fully saturated rings. The molecule has 166 valence electrons. The fourth-order valence-corrected chi connectivity index (χ4v) is 5.08. The summed E-state index contributed by atoms with van der Waals surface area (Å²) in [5.74, 6) is 1.55. The van der Waals surface area contributed by atoms with Crippen molar-refractivity contribution in [1.29, 1.82) is 0 Å². The van der Waals surface area contributed by atoms with Gasteiger partial charge in [0.25, 0.3) is 11.8 Å². The lowest BCUT2D eigenvalue weighted by molar-refractivity contribution is 0.0717. The number of rotatable bonds is 5. The van der Waals surface area contributed by atoms with Gasteiger partial charge in [-0.2, -0.15) is 0 Å². The lowest BCUT2D eigenvalue weighted by atomic mass is 10.2. The average Bonchev–Trinajstić information content (AvgIpc) is 3.01. The van der Waals surface area contributed by atoms with Crippen LogP contribution in [0.1, 0.15) is 44.2 Å². The Labute approximate surface area is 192 Å². The van der Waals surface area contributed by atoms with Crippen molar-refractivity contribution in [2.45, 2.75) is 30.9 Å². The number of carbonyl (C=O) groups is 2. The van der Waals surface area contributed by atoms with E-state index in [9.17, 15) is 9.59 Å². The van der Waals surface area contributed by atoms with Crippen molar-refractivity contribution < 1.29 is 14.1 Å². The third-order valence-corrected chi connectivity index (χ3v) is 6.86. The summed E-state index contributed by atoms with van der Waals surface area (Å²) in [4.78, 5) is 30.9. The highest BCUT2D eigenvalue weighted by atomic mass is 32.2. The van der Waals surface area contributed by atoms with Crippen LogP contribution in [0.4, 0.5) is 0 Å². The summed E-state index contributed by atoms with van der Waals surface area (Å²) in [6.45, 7) is 6.20. The average molecular weight is 450 g/mol. The molecule has 6 nitrogen and oxygen atoms in total. The molecule has 32 heavy (non-hydrogen) atoms. The number of nitrogens with zero attached hydrogens (tertiary/aromatic N) is 3. The predicted octanol–water partition coefficient (Wildman–Crippen LogP) is 4.57. The highest BCUT2D eigenvalue weighted by Gasteiger charge is 2.25. The molecule has 1 aliphatic rings. The number of aryl methyl sites for hydroxylation is 2. The Morgan fingerprint density at radius 2 is 1.56 bits per heavy atom. The van der Waals surface area contributed by atoms with Gasteiger partial charge in [-0.15, -0.1) is 11.8 Å². The molecule has 1 aromatic heterocycles. The first-order valence-electron chi connectivity index (χ1n) is 10.8. The maximum absolute atomic E-state index is 13.4. The Balaban J connectivity index is 1.44. The molecular formula is C25H27N3O3S. The van der Waals surface area contributed by atoms with Crippen LogP contribution in [0.3, 0.4) is 0 Å². The molecule has 0 aliphatic carbocycles. The summed E-state index contributed by atoms with van der Waals surface area (Å²) >= 11 is 1.62. The van der Waals surface area contributed by atoms with Gasteiger partial charge in [-0.25, -0.2) is 0 Å². The van der Waals surface area contributed by atoms with Gasteiger partial charge in [-0.3, -0.25) is 9.59 Å². The number of hydrogen-bond acceptors (Lipinski definition) is 5. The van der Waals surface area contributed by atoms with Crippen LogP contribution in [-0.4, -0.2) is 52.9 Å². The minimum Gasteiger partial charge on any atom is -0.361 e. The van der Waals surface area contributed by atoms with Crippen LogP contribution in [0.15, 0.2) is 64.0 Å². The van der Waals surface area contributed by atoms with Crippen LogP contribution < -0.4 is 0 Å². The number of benzene rings is 2. The molecule has 0 spiro atoms. The van der Waals surface area contributed by atoms with Crippen molar-refractivity contribution in [3.05, 3.63) is 82.7 Å². The highest BCUT2D eigenvalue weighted by Crippen LogP contribution is 2.29. The van der Waals surface area contributed by atoms with Crippen LogP contribution in [0.5, 0.6) is 0 Å². The zero-order valence-electron chi connectivity index (χ0n) is 18.4. The van der Waals surface area contributed by atoms with E-state index in [1.54, 1.807) is 11.8 Å². The largest absolute Gasteiger partial charge is 0.361 e. The normalized spacial score (nSPS) is 14.3. The molecule has 0 atom stereocenters. The second-order valence-corrected chi connectivity index (χ2v) is 8.91. The third-order valence-electron chi connectivity index (χ3n) is 5.76. The van der Waals surface area contributed by atoms with Gasteiger partial charge in [-0.05, 0) is 44.5 Å². The van der Waals surface area contributed by atoms with Crippen molar-refractivity contribution in [2.75, 3.05) is 26.2 Å². The highest BCUT2D eigenvalue weighted by molar-refractivity contribution is 7.98. The van der Waals surface area contributed by atoms with Crippen LogP contribution in [0.2, 0.25) is 0 Å². The van der Waals surface area contributed by atoms with Crippen molar-refractivity contribution in [3.8, 4) is 0 Å². The number of carbonyl (C=O) groups excluding carboxylic acids is 2. The standard InChI is InChI=1S/C25H27N3O3S/c1-18-22(19(2)31-26-18)17-32-23-12-7-6-11-21(23)25(30)28-14-8-13-27(15-16-28)24(29)20-9-4-3-5-10-20/h3-7,9-12H,8,13-17H2,1-2H3. The quantitative estimate of drug-likeness (QED) is 0.534. The zero-order valence-corrected chi connectivity index (χ0v) is 19.2. The molecule has 1 aliphatic heterocycles. The topological polar surface area (TPSA) is 66.7 Å². The van der Waals surface area contributed by atoms with E-state index in [1.165, 1.54) is 0 Å². The Hall–Kier alpha value is -3.06. The summed E-state index contributed by atoms with van der Waals surface area (Å²) in [5, 5.41) is 4.02. The minimum atomic E-state index is 0.0147. The van der Waals surface area contributed by atoms with E-state index >= 15 is 0 Å². The van der Waals surface area contributed by atoms with Crippen molar-refractivity contribution in [1.82, 2.24) is 15.0 Å². The number of hydrogen-bond donors (Lipinski definition) is 0. The molecule has 0 unspecified atom stereocenters. The van der Waals surface area contributed by atoms with E-state index in [2.05, 4.69) is 5.16 Å². The molecule has 2 heterocycles. The zero-order chi connectivity index (χ0) is 22.5. The first-order chi connectivity index (χ1) is 15.5. The second kappa shape index (κ2) is 10.0. The molecule has 7 heteroatoms. The first kappa shape index (κ1) is 22.1. The molecule has 2 aromatic carbocycles.